The van der Waals surface area contributed by atoms with Crippen LogP contribution in [0.15, 0.2) is 34.3 Å². The monoisotopic (exact) mass is 271 g/mol. The van der Waals surface area contributed by atoms with Gasteiger partial charge in [0.1, 0.15) is 18.4 Å². The van der Waals surface area contributed by atoms with E-state index < -0.39 is 0 Å². The summed E-state index contributed by atoms with van der Waals surface area (Å²) in [5, 5.41) is 9.17. The van der Waals surface area contributed by atoms with Gasteiger partial charge in [0.2, 0.25) is 0 Å². The van der Waals surface area contributed by atoms with Crippen molar-refractivity contribution in [3.05, 3.63) is 39.8 Å². The third kappa shape index (κ3) is 3.06. The van der Waals surface area contributed by atoms with Crippen LogP contribution in [0.4, 0.5) is 0 Å². The molecule has 0 aliphatic heterocycles. The molecule has 0 amide bonds. The number of hydrogen-bond donors (Lipinski definition) is 0. The first-order chi connectivity index (χ1) is 6.63. The largest absolute Gasteiger partial charge is 0.487 e. The predicted octanol–water partition coefficient (Wildman–Crippen LogP) is 3.45. The number of nitriles is 1. The minimum atomic E-state index is 0.201. The molecule has 4 heteroatoms. The van der Waals surface area contributed by atoms with E-state index in [1.54, 1.807) is 18.2 Å². The number of ether oxygens (including phenoxy) is 1. The Hall–Kier alpha value is -0.980. The molecule has 0 aliphatic carbocycles. The van der Waals surface area contributed by atoms with Crippen molar-refractivity contribution in [1.82, 2.24) is 0 Å². The summed E-state index contributed by atoms with van der Waals surface area (Å²) in [4.78, 5) is 0. The van der Waals surface area contributed by atoms with Crippen LogP contribution in [0.3, 0.4) is 0 Å². The molecule has 1 aromatic carbocycles. The molecule has 0 saturated heterocycles. The van der Waals surface area contributed by atoms with Crippen molar-refractivity contribution in [2.24, 2.45) is 0 Å². The summed E-state index contributed by atoms with van der Waals surface area (Å²) in [5.41, 5.74) is 0.478. The van der Waals surface area contributed by atoms with E-state index in [1.165, 1.54) is 0 Å². The smallest absolute Gasteiger partial charge is 0.138 e. The minimum absolute atomic E-state index is 0.201. The van der Waals surface area contributed by atoms with Gasteiger partial charge in [0, 0.05) is 9.51 Å². The second-order valence-electron chi connectivity index (χ2n) is 2.56. The van der Waals surface area contributed by atoms with E-state index in [-0.39, 0.29) is 6.61 Å². The highest BCUT2D eigenvalue weighted by atomic mass is 79.9. The first-order valence-corrected chi connectivity index (χ1v) is 4.96. The molecule has 0 heterocycles. The van der Waals surface area contributed by atoms with Crippen molar-refractivity contribution < 1.29 is 4.74 Å². The minimum Gasteiger partial charge on any atom is -0.487 e. The summed E-state index contributed by atoms with van der Waals surface area (Å²) < 4.78 is 6.14. The third-order valence-corrected chi connectivity index (χ3v) is 2.05. The number of rotatable bonds is 3. The zero-order chi connectivity index (χ0) is 10.6. The van der Waals surface area contributed by atoms with Gasteiger partial charge in [-0.2, -0.15) is 5.26 Å². The topological polar surface area (TPSA) is 33.0 Å². The Labute approximate surface area is 95.9 Å². The van der Waals surface area contributed by atoms with Crippen molar-refractivity contribution in [2.75, 3.05) is 6.61 Å². The van der Waals surface area contributed by atoms with Crippen LogP contribution < -0.4 is 4.74 Å². The highest BCUT2D eigenvalue weighted by molar-refractivity contribution is 9.10. The summed E-state index contributed by atoms with van der Waals surface area (Å²) >= 11 is 8.84. The Balaban J connectivity index is 2.89. The van der Waals surface area contributed by atoms with Gasteiger partial charge in [-0.1, -0.05) is 34.1 Å². The van der Waals surface area contributed by atoms with E-state index in [0.29, 0.717) is 16.3 Å². The van der Waals surface area contributed by atoms with Crippen molar-refractivity contribution in [3.8, 4) is 11.8 Å². The van der Waals surface area contributed by atoms with Crippen LogP contribution in [0.2, 0.25) is 0 Å². The normalized spacial score (nSPS) is 9.21. The van der Waals surface area contributed by atoms with E-state index in [9.17, 15) is 0 Å². The molecule has 0 aromatic heterocycles. The molecule has 14 heavy (non-hydrogen) atoms. The SMILES string of the molecule is C=C(Cl)COc1cc(Br)ccc1C#N. The lowest BCUT2D eigenvalue weighted by Crippen LogP contribution is -1.98. The van der Waals surface area contributed by atoms with Crippen molar-refractivity contribution >= 4 is 27.5 Å². The molecule has 2 nitrogen and oxygen atoms in total. The summed E-state index contributed by atoms with van der Waals surface area (Å²) in [5.74, 6) is 0.503. The maximum Gasteiger partial charge on any atom is 0.138 e. The first-order valence-electron chi connectivity index (χ1n) is 3.79. The maximum absolute atomic E-state index is 8.77. The molecule has 0 radical (unpaired) electrons. The Morgan fingerprint density at radius 1 is 1.64 bits per heavy atom. The number of benzene rings is 1. The maximum atomic E-state index is 8.77. The molecule has 0 atom stereocenters. The second-order valence-corrected chi connectivity index (χ2v) is 4.01. The van der Waals surface area contributed by atoms with E-state index in [4.69, 9.17) is 21.6 Å². The fourth-order valence-corrected chi connectivity index (χ4v) is 1.26. The summed E-state index contributed by atoms with van der Waals surface area (Å²) in [6, 6.07) is 7.20. The fourth-order valence-electron chi connectivity index (χ4n) is 0.864. The van der Waals surface area contributed by atoms with Crippen LogP contribution in [-0.2, 0) is 0 Å². The molecule has 0 bridgehead atoms. The third-order valence-electron chi connectivity index (χ3n) is 1.45. The van der Waals surface area contributed by atoms with Crippen molar-refractivity contribution in [3.63, 3.8) is 0 Å². The molecular formula is C10H7BrClNO. The molecule has 0 spiro atoms. The van der Waals surface area contributed by atoms with Crippen LogP contribution in [0.25, 0.3) is 0 Å². The highest BCUT2D eigenvalue weighted by Gasteiger charge is 2.03. The Morgan fingerprint density at radius 2 is 2.36 bits per heavy atom. The first kappa shape index (κ1) is 11.1. The van der Waals surface area contributed by atoms with Crippen LogP contribution in [0.5, 0.6) is 5.75 Å². The number of halogens is 2. The van der Waals surface area contributed by atoms with Crippen molar-refractivity contribution in [2.45, 2.75) is 0 Å². The molecule has 72 valence electrons. The average Bonchev–Trinajstić information content (AvgIpc) is 2.15. The van der Waals surface area contributed by atoms with E-state index in [0.717, 1.165) is 4.47 Å². The zero-order valence-corrected chi connectivity index (χ0v) is 9.60. The van der Waals surface area contributed by atoms with Crippen molar-refractivity contribution in [1.29, 1.82) is 5.26 Å². The van der Waals surface area contributed by atoms with Crippen LogP contribution >= 0.6 is 27.5 Å². The van der Waals surface area contributed by atoms with E-state index in [2.05, 4.69) is 22.5 Å². The van der Waals surface area contributed by atoms with Crippen LogP contribution in [-0.4, -0.2) is 6.61 Å². The fraction of sp³-hybridized carbons (Fsp3) is 0.100. The van der Waals surface area contributed by atoms with Gasteiger partial charge in [-0.3, -0.25) is 0 Å². The lowest BCUT2D eigenvalue weighted by atomic mass is 10.2. The molecular weight excluding hydrogens is 265 g/mol. The van der Waals surface area contributed by atoms with Gasteiger partial charge in [0.25, 0.3) is 0 Å². The Kier molecular flexibility index (Phi) is 3.99. The number of hydrogen-bond acceptors (Lipinski definition) is 2. The quantitative estimate of drug-likeness (QED) is 0.844. The molecule has 1 rings (SSSR count). The lowest BCUT2D eigenvalue weighted by molar-refractivity contribution is 0.358. The van der Waals surface area contributed by atoms with E-state index >= 15 is 0 Å². The zero-order valence-electron chi connectivity index (χ0n) is 7.26. The molecule has 1 aromatic rings. The summed E-state index contributed by atoms with van der Waals surface area (Å²) in [7, 11) is 0. The van der Waals surface area contributed by atoms with Crippen LogP contribution in [0, 0.1) is 11.3 Å². The van der Waals surface area contributed by atoms with Gasteiger partial charge in [-0.15, -0.1) is 0 Å². The standard InChI is InChI=1S/C10H7BrClNO/c1-7(12)6-14-10-4-9(11)3-2-8(10)5-13/h2-4H,1,6H2. The molecule has 0 saturated carbocycles. The number of nitrogens with zero attached hydrogens (tertiary/aromatic N) is 1. The van der Waals surface area contributed by atoms with Gasteiger partial charge in [0.15, 0.2) is 0 Å². The van der Waals surface area contributed by atoms with Gasteiger partial charge < -0.3 is 4.74 Å². The van der Waals surface area contributed by atoms with Gasteiger partial charge in [0.05, 0.1) is 5.56 Å². The van der Waals surface area contributed by atoms with Gasteiger partial charge in [-0.25, -0.2) is 0 Å². The molecule has 0 fully saturated rings. The van der Waals surface area contributed by atoms with E-state index in [1.807, 2.05) is 6.07 Å². The highest BCUT2D eigenvalue weighted by Crippen LogP contribution is 2.23. The Bertz CT molecular complexity index is 398. The lowest BCUT2D eigenvalue weighted by Gasteiger charge is -2.06. The van der Waals surface area contributed by atoms with Crippen LogP contribution in [0.1, 0.15) is 5.56 Å². The van der Waals surface area contributed by atoms with Gasteiger partial charge >= 0.3 is 0 Å². The molecule has 0 aliphatic rings. The predicted molar refractivity (Wildman–Crippen MR) is 59.3 cm³/mol. The Morgan fingerprint density at radius 3 is 2.93 bits per heavy atom. The average molecular weight is 273 g/mol. The summed E-state index contributed by atoms with van der Waals surface area (Å²) in [6.07, 6.45) is 0. The summed E-state index contributed by atoms with van der Waals surface area (Å²) in [6.45, 7) is 3.70. The second kappa shape index (κ2) is 5.04. The van der Waals surface area contributed by atoms with Gasteiger partial charge in [-0.05, 0) is 18.2 Å². The molecule has 0 unspecified atom stereocenters. The molecule has 0 N–H and O–H groups in total.